The summed E-state index contributed by atoms with van der Waals surface area (Å²) in [6.45, 7) is 8.02. The van der Waals surface area contributed by atoms with Crippen LogP contribution in [0.25, 0.3) is 0 Å². The number of para-hydroxylation sites is 1. The van der Waals surface area contributed by atoms with E-state index in [-0.39, 0.29) is 6.04 Å². The first-order chi connectivity index (χ1) is 8.97. The summed E-state index contributed by atoms with van der Waals surface area (Å²) in [6, 6.07) is 6.81. The van der Waals surface area contributed by atoms with Crippen LogP contribution >= 0.6 is 0 Å². The van der Waals surface area contributed by atoms with Crippen molar-refractivity contribution in [3.8, 4) is 0 Å². The fourth-order valence-corrected chi connectivity index (χ4v) is 3.12. The molecule has 0 unspecified atom stereocenters. The van der Waals surface area contributed by atoms with Crippen LogP contribution in [0.1, 0.15) is 20.8 Å². The van der Waals surface area contributed by atoms with Gasteiger partial charge in [-0.2, -0.15) is 0 Å². The third-order valence-corrected chi connectivity index (χ3v) is 4.15. The van der Waals surface area contributed by atoms with Crippen LogP contribution in [-0.4, -0.2) is 34.1 Å². The maximum Gasteiger partial charge on any atom is 0.242 e. The summed E-state index contributed by atoms with van der Waals surface area (Å²) in [5.74, 6) is 0. The predicted molar refractivity (Wildman–Crippen MR) is 78.9 cm³/mol. The lowest BCUT2D eigenvalue weighted by Gasteiger charge is -2.14. The Morgan fingerprint density at radius 2 is 1.84 bits per heavy atom. The molecule has 0 saturated carbocycles. The van der Waals surface area contributed by atoms with Gasteiger partial charge in [-0.05, 0) is 32.5 Å². The van der Waals surface area contributed by atoms with Crippen molar-refractivity contribution >= 4 is 15.7 Å². The summed E-state index contributed by atoms with van der Waals surface area (Å²) in [5.41, 5.74) is 0.633. The van der Waals surface area contributed by atoms with Gasteiger partial charge in [-0.3, -0.25) is 0 Å². The molecule has 0 aliphatic rings. The molecule has 0 bridgehead atoms. The van der Waals surface area contributed by atoms with Crippen LogP contribution in [0.4, 0.5) is 5.69 Å². The number of likely N-dealkylation sites (N-methyl/N-ethyl adjacent to an activating group) is 1. The third-order valence-electron chi connectivity index (χ3n) is 2.43. The number of hydrogen-bond donors (Lipinski definition) is 3. The van der Waals surface area contributed by atoms with Gasteiger partial charge in [0.15, 0.2) is 0 Å². The minimum absolute atomic E-state index is 0.125. The summed E-state index contributed by atoms with van der Waals surface area (Å²) in [7, 11) is -3.47. The Morgan fingerprint density at radius 3 is 2.47 bits per heavy atom. The van der Waals surface area contributed by atoms with E-state index in [9.17, 15) is 8.42 Å². The molecule has 0 radical (unpaired) electrons. The Bertz CT molecular complexity index is 486. The van der Waals surface area contributed by atoms with Gasteiger partial charge in [0.25, 0.3) is 0 Å². The van der Waals surface area contributed by atoms with Crippen molar-refractivity contribution in [2.24, 2.45) is 0 Å². The van der Waals surface area contributed by atoms with E-state index < -0.39 is 10.0 Å². The Hall–Kier alpha value is -1.11. The van der Waals surface area contributed by atoms with Gasteiger partial charge >= 0.3 is 0 Å². The quantitative estimate of drug-likeness (QED) is 0.631. The zero-order valence-corrected chi connectivity index (χ0v) is 12.5. The van der Waals surface area contributed by atoms with Crippen molar-refractivity contribution in [3.63, 3.8) is 0 Å². The Balaban J connectivity index is 2.83. The Morgan fingerprint density at radius 1 is 1.16 bits per heavy atom. The largest absolute Gasteiger partial charge is 0.383 e. The van der Waals surface area contributed by atoms with Crippen molar-refractivity contribution in [3.05, 3.63) is 24.3 Å². The zero-order chi connectivity index (χ0) is 14.3. The standard InChI is InChI=1S/C13H23N3O2S/c1-4-14-9-10-15-12-7-5-6-8-13(12)19(17,18)16-11(2)3/h5-8,11,14-16H,4,9-10H2,1-3H3. The van der Waals surface area contributed by atoms with Crippen molar-refractivity contribution in [2.75, 3.05) is 25.0 Å². The summed E-state index contributed by atoms with van der Waals surface area (Å²) < 4.78 is 27.0. The molecule has 1 aromatic carbocycles. The molecule has 0 atom stereocenters. The van der Waals surface area contributed by atoms with Crippen LogP contribution < -0.4 is 15.4 Å². The number of benzene rings is 1. The highest BCUT2D eigenvalue weighted by molar-refractivity contribution is 7.89. The summed E-state index contributed by atoms with van der Waals surface area (Å²) in [4.78, 5) is 0.292. The normalized spacial score (nSPS) is 11.8. The highest BCUT2D eigenvalue weighted by atomic mass is 32.2. The molecule has 0 fully saturated rings. The number of anilines is 1. The van der Waals surface area contributed by atoms with E-state index in [1.807, 2.05) is 13.0 Å². The molecule has 108 valence electrons. The monoisotopic (exact) mass is 285 g/mol. The van der Waals surface area contributed by atoms with E-state index in [1.54, 1.807) is 32.0 Å². The second kappa shape index (κ2) is 7.47. The summed E-state index contributed by atoms with van der Waals surface area (Å²) in [5, 5.41) is 6.33. The van der Waals surface area contributed by atoms with E-state index in [2.05, 4.69) is 15.4 Å². The molecule has 0 aliphatic heterocycles. The minimum atomic E-state index is -3.47. The van der Waals surface area contributed by atoms with Crippen LogP contribution in [0.2, 0.25) is 0 Å². The fraction of sp³-hybridized carbons (Fsp3) is 0.538. The number of sulfonamides is 1. The zero-order valence-electron chi connectivity index (χ0n) is 11.7. The second-order valence-corrected chi connectivity index (χ2v) is 6.23. The Labute approximate surface area is 115 Å². The van der Waals surface area contributed by atoms with Gasteiger partial charge < -0.3 is 10.6 Å². The minimum Gasteiger partial charge on any atom is -0.383 e. The van der Waals surface area contributed by atoms with Crippen molar-refractivity contribution in [2.45, 2.75) is 31.7 Å². The molecule has 1 rings (SSSR count). The lowest BCUT2D eigenvalue weighted by molar-refractivity contribution is 0.570. The van der Waals surface area contributed by atoms with Crippen molar-refractivity contribution < 1.29 is 8.42 Å². The number of nitrogens with one attached hydrogen (secondary N) is 3. The van der Waals surface area contributed by atoms with Gasteiger partial charge in [0.05, 0.1) is 5.69 Å². The van der Waals surface area contributed by atoms with Gasteiger partial charge in [-0.15, -0.1) is 0 Å². The van der Waals surface area contributed by atoms with E-state index in [0.717, 1.165) is 13.1 Å². The van der Waals surface area contributed by atoms with Gasteiger partial charge in [-0.25, -0.2) is 13.1 Å². The topological polar surface area (TPSA) is 70.2 Å². The van der Waals surface area contributed by atoms with Gasteiger partial charge in [0.1, 0.15) is 4.90 Å². The second-order valence-electron chi connectivity index (χ2n) is 4.55. The van der Waals surface area contributed by atoms with E-state index >= 15 is 0 Å². The van der Waals surface area contributed by atoms with Crippen LogP contribution in [0.3, 0.4) is 0 Å². The van der Waals surface area contributed by atoms with Crippen LogP contribution in [0.15, 0.2) is 29.2 Å². The highest BCUT2D eigenvalue weighted by Gasteiger charge is 2.18. The Kier molecular flexibility index (Phi) is 6.27. The third kappa shape index (κ3) is 5.18. The summed E-state index contributed by atoms with van der Waals surface area (Å²) in [6.07, 6.45) is 0. The predicted octanol–water partition coefficient (Wildman–Crippen LogP) is 1.39. The first kappa shape index (κ1) is 15.9. The molecule has 1 aromatic rings. The number of hydrogen-bond acceptors (Lipinski definition) is 4. The first-order valence-corrected chi connectivity index (χ1v) is 8.01. The van der Waals surface area contributed by atoms with Crippen molar-refractivity contribution in [1.82, 2.24) is 10.0 Å². The van der Waals surface area contributed by atoms with E-state index in [1.165, 1.54) is 0 Å². The molecule has 0 heterocycles. The fourth-order valence-electron chi connectivity index (χ4n) is 1.68. The van der Waals surface area contributed by atoms with Gasteiger partial charge in [-0.1, -0.05) is 19.1 Å². The lowest BCUT2D eigenvalue weighted by Crippen LogP contribution is -2.31. The molecule has 5 nitrogen and oxygen atoms in total. The number of rotatable bonds is 8. The van der Waals surface area contributed by atoms with Crippen LogP contribution in [0, 0.1) is 0 Å². The molecule has 0 amide bonds. The van der Waals surface area contributed by atoms with E-state index in [4.69, 9.17) is 0 Å². The summed E-state index contributed by atoms with van der Waals surface area (Å²) >= 11 is 0. The van der Waals surface area contributed by atoms with Crippen LogP contribution in [-0.2, 0) is 10.0 Å². The maximum atomic E-state index is 12.2. The van der Waals surface area contributed by atoms with Gasteiger partial charge in [0.2, 0.25) is 10.0 Å². The molecule has 0 spiro atoms. The average Bonchev–Trinajstić information content (AvgIpc) is 2.33. The molecular formula is C13H23N3O2S. The smallest absolute Gasteiger partial charge is 0.242 e. The van der Waals surface area contributed by atoms with Gasteiger partial charge in [0, 0.05) is 19.1 Å². The molecule has 6 heteroatoms. The SMILES string of the molecule is CCNCCNc1ccccc1S(=O)(=O)NC(C)C. The molecule has 0 saturated heterocycles. The molecule has 19 heavy (non-hydrogen) atoms. The highest BCUT2D eigenvalue weighted by Crippen LogP contribution is 2.20. The van der Waals surface area contributed by atoms with Crippen LogP contribution in [0.5, 0.6) is 0 Å². The maximum absolute atomic E-state index is 12.2. The first-order valence-electron chi connectivity index (χ1n) is 6.53. The molecule has 0 aromatic heterocycles. The lowest BCUT2D eigenvalue weighted by atomic mass is 10.3. The molecule has 3 N–H and O–H groups in total. The van der Waals surface area contributed by atoms with Crippen molar-refractivity contribution in [1.29, 1.82) is 0 Å². The molecular weight excluding hydrogens is 262 g/mol. The average molecular weight is 285 g/mol. The van der Waals surface area contributed by atoms with E-state index in [0.29, 0.717) is 17.1 Å². The molecule has 0 aliphatic carbocycles.